The Labute approximate surface area is 108 Å². The fraction of sp³-hybridized carbons (Fsp3) is 0.692. The molecule has 1 aromatic rings. The quantitative estimate of drug-likeness (QED) is 0.803. The molecule has 5 heteroatoms. The first-order valence-electron chi connectivity index (χ1n) is 6.76. The zero-order chi connectivity index (χ0) is 13.0. The molecule has 0 radical (unpaired) electrons. The van der Waals surface area contributed by atoms with Crippen LogP contribution < -0.4 is 4.74 Å². The first-order valence-corrected chi connectivity index (χ1v) is 6.76. The number of fused-ring (bicyclic) bond motifs is 1. The smallest absolute Gasteiger partial charge is 0.274 e. The van der Waals surface area contributed by atoms with Crippen LogP contribution in [0.15, 0.2) is 6.07 Å². The lowest BCUT2D eigenvalue weighted by Gasteiger charge is -2.20. The highest BCUT2D eigenvalue weighted by molar-refractivity contribution is 5.92. The molecular formula is C13H21N3O2. The van der Waals surface area contributed by atoms with Crippen LogP contribution in [0, 0.1) is 0 Å². The third-order valence-corrected chi connectivity index (χ3v) is 3.00. The molecule has 0 N–H and O–H groups in total. The van der Waals surface area contributed by atoms with E-state index in [1.165, 1.54) is 0 Å². The van der Waals surface area contributed by atoms with Crippen LogP contribution in [0.25, 0.3) is 0 Å². The average Bonchev–Trinajstić information content (AvgIpc) is 2.81. The van der Waals surface area contributed by atoms with E-state index in [1.807, 2.05) is 4.90 Å². The van der Waals surface area contributed by atoms with Gasteiger partial charge in [0.1, 0.15) is 0 Å². The third kappa shape index (κ3) is 2.66. The predicted molar refractivity (Wildman–Crippen MR) is 68.8 cm³/mol. The Balaban J connectivity index is 2.13. The van der Waals surface area contributed by atoms with Crippen molar-refractivity contribution in [3.63, 3.8) is 0 Å². The molecule has 0 saturated carbocycles. The standard InChI is InChI=1S/C13H21N3O2/c1-3-6-15(7-4-2)13(17)11-10-12-16(14-11)8-5-9-18-12/h10H,3-9H2,1-2H3. The number of hydrogen-bond acceptors (Lipinski definition) is 3. The van der Waals surface area contributed by atoms with Crippen LogP contribution in [0.5, 0.6) is 5.88 Å². The molecule has 1 aliphatic heterocycles. The summed E-state index contributed by atoms with van der Waals surface area (Å²) in [6.45, 7) is 7.29. The van der Waals surface area contributed by atoms with Crippen LogP contribution in [0.1, 0.15) is 43.6 Å². The van der Waals surface area contributed by atoms with Gasteiger partial charge in [0.2, 0.25) is 5.88 Å². The third-order valence-electron chi connectivity index (χ3n) is 3.00. The maximum absolute atomic E-state index is 12.3. The van der Waals surface area contributed by atoms with Crippen LogP contribution in [-0.2, 0) is 6.54 Å². The highest BCUT2D eigenvalue weighted by Gasteiger charge is 2.21. The maximum Gasteiger partial charge on any atom is 0.274 e. The molecular weight excluding hydrogens is 230 g/mol. The number of ether oxygens (including phenoxy) is 1. The van der Waals surface area contributed by atoms with Gasteiger partial charge in [0.05, 0.1) is 6.61 Å². The van der Waals surface area contributed by atoms with Gasteiger partial charge in [0.15, 0.2) is 5.69 Å². The molecule has 0 bridgehead atoms. The lowest BCUT2D eigenvalue weighted by Crippen LogP contribution is -2.32. The molecule has 0 fully saturated rings. The Bertz CT molecular complexity index is 385. The zero-order valence-corrected chi connectivity index (χ0v) is 11.2. The average molecular weight is 251 g/mol. The summed E-state index contributed by atoms with van der Waals surface area (Å²) in [5, 5.41) is 4.34. The lowest BCUT2D eigenvalue weighted by molar-refractivity contribution is 0.0748. The number of hydrogen-bond donors (Lipinski definition) is 0. The van der Waals surface area contributed by atoms with Crippen molar-refractivity contribution in [2.45, 2.75) is 39.7 Å². The molecule has 5 nitrogen and oxygen atoms in total. The monoisotopic (exact) mass is 251 g/mol. The molecule has 0 aromatic carbocycles. The second-order valence-electron chi connectivity index (χ2n) is 4.59. The first-order chi connectivity index (χ1) is 8.76. The molecule has 18 heavy (non-hydrogen) atoms. The summed E-state index contributed by atoms with van der Waals surface area (Å²) in [5.74, 6) is 0.738. The summed E-state index contributed by atoms with van der Waals surface area (Å²) in [7, 11) is 0. The molecule has 2 heterocycles. The van der Waals surface area contributed by atoms with Crippen molar-refractivity contribution in [1.82, 2.24) is 14.7 Å². The molecule has 2 rings (SSSR count). The van der Waals surface area contributed by atoms with E-state index in [0.717, 1.165) is 44.8 Å². The maximum atomic E-state index is 12.3. The van der Waals surface area contributed by atoms with Gasteiger partial charge >= 0.3 is 0 Å². The van der Waals surface area contributed by atoms with Gasteiger partial charge in [-0.2, -0.15) is 5.10 Å². The van der Waals surface area contributed by atoms with Crippen molar-refractivity contribution < 1.29 is 9.53 Å². The van der Waals surface area contributed by atoms with Gasteiger partial charge in [0.25, 0.3) is 5.91 Å². The summed E-state index contributed by atoms with van der Waals surface area (Å²) in [6.07, 6.45) is 2.89. The Morgan fingerprint density at radius 1 is 1.44 bits per heavy atom. The highest BCUT2D eigenvalue weighted by Crippen LogP contribution is 2.19. The van der Waals surface area contributed by atoms with E-state index in [-0.39, 0.29) is 5.91 Å². The van der Waals surface area contributed by atoms with Gasteiger partial charge in [-0.15, -0.1) is 0 Å². The SMILES string of the molecule is CCCN(CCC)C(=O)c1cc2n(n1)CCCO2. The van der Waals surface area contributed by atoms with Crippen molar-refractivity contribution in [2.75, 3.05) is 19.7 Å². The molecule has 0 unspecified atom stereocenters. The largest absolute Gasteiger partial charge is 0.478 e. The first kappa shape index (κ1) is 12.9. The number of carbonyl (C=O) groups is 1. The van der Waals surface area contributed by atoms with Gasteiger partial charge in [0, 0.05) is 32.1 Å². The van der Waals surface area contributed by atoms with Gasteiger partial charge in [-0.1, -0.05) is 13.8 Å². The van der Waals surface area contributed by atoms with E-state index in [1.54, 1.807) is 10.7 Å². The molecule has 0 spiro atoms. The molecule has 0 atom stereocenters. The van der Waals surface area contributed by atoms with Crippen LogP contribution in [-0.4, -0.2) is 40.3 Å². The fourth-order valence-corrected chi connectivity index (χ4v) is 2.19. The number of amides is 1. The van der Waals surface area contributed by atoms with E-state index in [2.05, 4.69) is 18.9 Å². The Morgan fingerprint density at radius 3 is 2.78 bits per heavy atom. The number of aromatic nitrogens is 2. The summed E-state index contributed by atoms with van der Waals surface area (Å²) < 4.78 is 7.27. The van der Waals surface area contributed by atoms with E-state index in [9.17, 15) is 4.79 Å². The summed E-state index contributed by atoms with van der Waals surface area (Å²) in [4.78, 5) is 14.2. The van der Waals surface area contributed by atoms with Crippen molar-refractivity contribution in [2.24, 2.45) is 0 Å². The van der Waals surface area contributed by atoms with Crippen molar-refractivity contribution in [3.8, 4) is 5.88 Å². The van der Waals surface area contributed by atoms with Crippen LogP contribution in [0.3, 0.4) is 0 Å². The number of rotatable bonds is 5. The van der Waals surface area contributed by atoms with Gasteiger partial charge in [-0.05, 0) is 12.8 Å². The molecule has 1 aromatic heterocycles. The van der Waals surface area contributed by atoms with Crippen LogP contribution >= 0.6 is 0 Å². The summed E-state index contributed by atoms with van der Waals surface area (Å²) >= 11 is 0. The minimum absolute atomic E-state index is 0.0178. The number of aryl methyl sites for hydroxylation is 1. The Kier molecular flexibility index (Phi) is 4.23. The van der Waals surface area contributed by atoms with Crippen LogP contribution in [0.4, 0.5) is 0 Å². The minimum atomic E-state index is 0.0178. The highest BCUT2D eigenvalue weighted by atomic mass is 16.5. The summed E-state index contributed by atoms with van der Waals surface area (Å²) in [5.41, 5.74) is 0.508. The fourth-order valence-electron chi connectivity index (χ4n) is 2.19. The molecule has 0 saturated heterocycles. The predicted octanol–water partition coefficient (Wildman–Crippen LogP) is 1.93. The normalized spacial score (nSPS) is 13.9. The van der Waals surface area contributed by atoms with E-state index in [0.29, 0.717) is 12.3 Å². The van der Waals surface area contributed by atoms with Crippen molar-refractivity contribution in [1.29, 1.82) is 0 Å². The molecule has 1 aliphatic rings. The second kappa shape index (κ2) is 5.89. The van der Waals surface area contributed by atoms with Gasteiger partial charge < -0.3 is 9.64 Å². The topological polar surface area (TPSA) is 47.4 Å². The van der Waals surface area contributed by atoms with Crippen molar-refractivity contribution >= 4 is 5.91 Å². The summed E-state index contributed by atoms with van der Waals surface area (Å²) in [6, 6.07) is 1.76. The second-order valence-corrected chi connectivity index (χ2v) is 4.59. The zero-order valence-electron chi connectivity index (χ0n) is 11.2. The van der Waals surface area contributed by atoms with Gasteiger partial charge in [-0.3, -0.25) is 4.79 Å². The molecule has 100 valence electrons. The van der Waals surface area contributed by atoms with E-state index < -0.39 is 0 Å². The lowest BCUT2D eigenvalue weighted by atomic mass is 10.3. The minimum Gasteiger partial charge on any atom is -0.478 e. The van der Waals surface area contributed by atoms with E-state index >= 15 is 0 Å². The molecule has 0 aliphatic carbocycles. The number of carbonyl (C=O) groups excluding carboxylic acids is 1. The number of nitrogens with zero attached hydrogens (tertiary/aromatic N) is 3. The van der Waals surface area contributed by atoms with Crippen LogP contribution in [0.2, 0.25) is 0 Å². The van der Waals surface area contributed by atoms with E-state index in [4.69, 9.17) is 4.74 Å². The van der Waals surface area contributed by atoms with Gasteiger partial charge in [-0.25, -0.2) is 4.68 Å². The Hall–Kier alpha value is -1.52. The Morgan fingerprint density at radius 2 is 2.17 bits per heavy atom. The van der Waals surface area contributed by atoms with Crippen molar-refractivity contribution in [3.05, 3.63) is 11.8 Å². The molecule has 1 amide bonds.